The van der Waals surface area contributed by atoms with Crippen LogP contribution in [-0.2, 0) is 19.5 Å². The fourth-order valence-electron chi connectivity index (χ4n) is 3.93. The number of methoxy groups -OCH3 is 1. The predicted molar refractivity (Wildman–Crippen MR) is 109 cm³/mol. The molecule has 4 rings (SSSR count). The monoisotopic (exact) mass is 399 g/mol. The van der Waals surface area contributed by atoms with Gasteiger partial charge in [0.25, 0.3) is 0 Å². The maximum atomic E-state index is 12.4. The van der Waals surface area contributed by atoms with Crippen LogP contribution in [0.2, 0.25) is 0 Å². The van der Waals surface area contributed by atoms with E-state index in [1.165, 1.54) is 4.68 Å². The number of benzene rings is 1. The first kappa shape index (κ1) is 19.5. The molecule has 1 aliphatic carbocycles. The van der Waals surface area contributed by atoms with Crippen molar-refractivity contribution in [2.45, 2.75) is 57.7 Å². The molecule has 0 bridgehead atoms. The van der Waals surface area contributed by atoms with Crippen LogP contribution in [0.15, 0.2) is 29.1 Å². The molecule has 8 nitrogen and oxygen atoms in total. The molecular formula is C21H29N5O3. The van der Waals surface area contributed by atoms with E-state index in [2.05, 4.69) is 15.7 Å². The third-order valence-corrected chi connectivity index (χ3v) is 5.72. The normalized spacial score (nSPS) is 16.7. The number of carbonyl (C=O) groups excluding carboxylic acids is 1. The van der Waals surface area contributed by atoms with Gasteiger partial charge < -0.3 is 15.4 Å². The van der Waals surface area contributed by atoms with Crippen molar-refractivity contribution in [2.24, 2.45) is 5.92 Å². The first-order valence-electron chi connectivity index (χ1n) is 10.5. The number of aryl methyl sites for hydroxylation is 2. The van der Waals surface area contributed by atoms with Crippen LogP contribution in [0.5, 0.6) is 5.75 Å². The molecule has 0 spiro atoms. The summed E-state index contributed by atoms with van der Waals surface area (Å²) in [5, 5.41) is 10.4. The van der Waals surface area contributed by atoms with E-state index in [4.69, 9.17) is 4.74 Å². The number of hydrogen-bond acceptors (Lipinski definition) is 4. The fourth-order valence-corrected chi connectivity index (χ4v) is 3.93. The number of carbonyl (C=O) groups is 1. The number of nitrogens with zero attached hydrogens (tertiary/aromatic N) is 3. The van der Waals surface area contributed by atoms with E-state index >= 15 is 0 Å². The van der Waals surface area contributed by atoms with E-state index in [0.717, 1.165) is 55.8 Å². The summed E-state index contributed by atoms with van der Waals surface area (Å²) >= 11 is 0. The third kappa shape index (κ3) is 4.63. The van der Waals surface area contributed by atoms with Crippen molar-refractivity contribution in [1.29, 1.82) is 0 Å². The van der Waals surface area contributed by atoms with Gasteiger partial charge in [0.15, 0.2) is 0 Å². The first-order valence-corrected chi connectivity index (χ1v) is 10.5. The second-order valence-electron chi connectivity index (χ2n) is 7.87. The molecule has 0 radical (unpaired) electrons. The van der Waals surface area contributed by atoms with Gasteiger partial charge in [-0.05, 0) is 55.7 Å². The minimum absolute atomic E-state index is 0.0170. The van der Waals surface area contributed by atoms with Crippen LogP contribution in [0.3, 0.4) is 0 Å². The third-order valence-electron chi connectivity index (χ3n) is 5.72. The summed E-state index contributed by atoms with van der Waals surface area (Å²) in [4.78, 5) is 24.7. The Labute approximate surface area is 170 Å². The van der Waals surface area contributed by atoms with Crippen LogP contribution in [0.4, 0.5) is 4.79 Å². The van der Waals surface area contributed by atoms with Gasteiger partial charge in [-0.2, -0.15) is 5.10 Å². The van der Waals surface area contributed by atoms with Crippen molar-refractivity contribution in [3.63, 3.8) is 0 Å². The van der Waals surface area contributed by atoms with Gasteiger partial charge in [-0.15, -0.1) is 0 Å². The number of ether oxygens (including phenoxy) is 1. The Balaban J connectivity index is 1.26. The van der Waals surface area contributed by atoms with Gasteiger partial charge in [0.1, 0.15) is 11.6 Å². The standard InChI is InChI=1S/C21H29N5O3/c1-29-17-10-8-16(9-11-17)19(15-6-7-15)23-20(27)22-12-4-14-26-21(28)25-13-3-2-5-18(25)24-26/h8-11,15,19H,2-7,12-14H2,1H3,(H2,22,23,27). The molecule has 2 amide bonds. The average molecular weight is 399 g/mol. The lowest BCUT2D eigenvalue weighted by Crippen LogP contribution is -2.39. The van der Waals surface area contributed by atoms with E-state index in [9.17, 15) is 9.59 Å². The van der Waals surface area contributed by atoms with Crippen LogP contribution in [-0.4, -0.2) is 34.0 Å². The highest BCUT2D eigenvalue weighted by molar-refractivity contribution is 5.74. The number of amides is 2. The average Bonchev–Trinajstić information content (AvgIpc) is 3.54. The molecular weight excluding hydrogens is 370 g/mol. The molecule has 29 heavy (non-hydrogen) atoms. The summed E-state index contributed by atoms with van der Waals surface area (Å²) in [6, 6.07) is 7.71. The molecule has 1 aromatic heterocycles. The van der Waals surface area contributed by atoms with Gasteiger partial charge in [0.2, 0.25) is 0 Å². The SMILES string of the molecule is COc1ccc(C(NC(=O)NCCCn2nc3n(c2=O)CCCC3)C2CC2)cc1. The zero-order valence-corrected chi connectivity index (χ0v) is 16.9. The lowest BCUT2D eigenvalue weighted by atomic mass is 10.0. The Morgan fingerprint density at radius 3 is 2.76 bits per heavy atom. The predicted octanol–water partition coefficient (Wildman–Crippen LogP) is 2.23. The highest BCUT2D eigenvalue weighted by atomic mass is 16.5. The van der Waals surface area contributed by atoms with Crippen LogP contribution >= 0.6 is 0 Å². The highest BCUT2D eigenvalue weighted by Gasteiger charge is 2.33. The number of fused-ring (bicyclic) bond motifs is 1. The van der Waals surface area contributed by atoms with Crippen LogP contribution in [0, 0.1) is 5.92 Å². The first-order chi connectivity index (χ1) is 14.2. The smallest absolute Gasteiger partial charge is 0.345 e. The molecule has 1 unspecified atom stereocenters. The van der Waals surface area contributed by atoms with Gasteiger partial charge in [-0.1, -0.05) is 12.1 Å². The van der Waals surface area contributed by atoms with E-state index in [-0.39, 0.29) is 17.8 Å². The fraction of sp³-hybridized carbons (Fsp3) is 0.571. The molecule has 0 saturated heterocycles. The number of urea groups is 1. The molecule has 8 heteroatoms. The molecule has 1 atom stereocenters. The van der Waals surface area contributed by atoms with E-state index in [1.54, 1.807) is 11.7 Å². The second-order valence-corrected chi connectivity index (χ2v) is 7.87. The quantitative estimate of drug-likeness (QED) is 0.666. The van der Waals surface area contributed by atoms with Gasteiger partial charge in [0, 0.05) is 26.1 Å². The zero-order valence-electron chi connectivity index (χ0n) is 16.9. The van der Waals surface area contributed by atoms with Crippen LogP contribution in [0.1, 0.15) is 49.5 Å². The Morgan fingerprint density at radius 1 is 1.28 bits per heavy atom. The van der Waals surface area contributed by atoms with Gasteiger partial charge >= 0.3 is 11.7 Å². The Morgan fingerprint density at radius 2 is 2.07 bits per heavy atom. The van der Waals surface area contributed by atoms with Crippen molar-refractivity contribution in [3.8, 4) is 5.75 Å². The van der Waals surface area contributed by atoms with Gasteiger partial charge in [-0.3, -0.25) is 4.57 Å². The number of rotatable bonds is 8. The Hall–Kier alpha value is -2.77. The summed E-state index contributed by atoms with van der Waals surface area (Å²) in [6.07, 6.45) is 5.93. The summed E-state index contributed by atoms with van der Waals surface area (Å²) in [7, 11) is 1.64. The van der Waals surface area contributed by atoms with Crippen molar-refractivity contribution < 1.29 is 9.53 Å². The van der Waals surface area contributed by atoms with Crippen molar-refractivity contribution in [2.75, 3.05) is 13.7 Å². The van der Waals surface area contributed by atoms with Crippen LogP contribution in [0.25, 0.3) is 0 Å². The molecule has 1 aliphatic heterocycles. The lowest BCUT2D eigenvalue weighted by Gasteiger charge is -2.19. The second kappa shape index (κ2) is 8.71. The molecule has 156 valence electrons. The molecule has 1 saturated carbocycles. The minimum Gasteiger partial charge on any atom is -0.497 e. The molecule has 2 aliphatic rings. The van der Waals surface area contributed by atoms with E-state index < -0.39 is 0 Å². The number of nitrogens with one attached hydrogen (secondary N) is 2. The maximum Gasteiger partial charge on any atom is 0.345 e. The highest BCUT2D eigenvalue weighted by Crippen LogP contribution is 2.41. The largest absolute Gasteiger partial charge is 0.497 e. The number of aromatic nitrogens is 3. The summed E-state index contributed by atoms with van der Waals surface area (Å²) in [5.74, 6) is 2.19. The van der Waals surface area contributed by atoms with E-state index in [1.807, 2.05) is 24.3 Å². The summed E-state index contributed by atoms with van der Waals surface area (Å²) < 4.78 is 8.52. The number of hydrogen-bond donors (Lipinski definition) is 2. The molecule has 2 N–H and O–H groups in total. The van der Waals surface area contributed by atoms with Gasteiger partial charge in [-0.25, -0.2) is 14.3 Å². The Bertz CT molecular complexity index is 898. The lowest BCUT2D eigenvalue weighted by molar-refractivity contribution is 0.235. The summed E-state index contributed by atoms with van der Waals surface area (Å²) in [5.41, 5.74) is 1.07. The van der Waals surface area contributed by atoms with Crippen molar-refractivity contribution in [1.82, 2.24) is 25.0 Å². The molecule has 2 aromatic rings. The molecule has 2 heterocycles. The van der Waals surface area contributed by atoms with Crippen molar-refractivity contribution in [3.05, 3.63) is 46.1 Å². The molecule has 1 fully saturated rings. The van der Waals surface area contributed by atoms with Crippen LogP contribution < -0.4 is 21.1 Å². The summed E-state index contributed by atoms with van der Waals surface area (Å²) in [6.45, 7) is 1.78. The zero-order chi connectivity index (χ0) is 20.2. The maximum absolute atomic E-state index is 12.4. The van der Waals surface area contributed by atoms with Gasteiger partial charge in [0.05, 0.1) is 13.2 Å². The van der Waals surface area contributed by atoms with Crippen molar-refractivity contribution >= 4 is 6.03 Å². The topological polar surface area (TPSA) is 90.2 Å². The molecule has 1 aromatic carbocycles. The minimum atomic E-state index is -0.172. The Kier molecular flexibility index (Phi) is 5.87. The van der Waals surface area contributed by atoms with E-state index in [0.29, 0.717) is 25.4 Å².